The number of carbonyl (C=O) groups is 3. The van der Waals surface area contributed by atoms with Crippen molar-refractivity contribution in [3.63, 3.8) is 0 Å². The number of amides is 2. The molecule has 180 valence electrons. The van der Waals surface area contributed by atoms with Crippen molar-refractivity contribution in [2.75, 3.05) is 32.8 Å². The van der Waals surface area contributed by atoms with Gasteiger partial charge in [-0.25, -0.2) is 4.90 Å². The minimum absolute atomic E-state index is 0.145. The Morgan fingerprint density at radius 2 is 1.71 bits per heavy atom. The van der Waals surface area contributed by atoms with Crippen molar-refractivity contribution in [1.82, 2.24) is 5.32 Å². The zero-order valence-electron chi connectivity index (χ0n) is 19.8. The summed E-state index contributed by atoms with van der Waals surface area (Å²) in [4.78, 5) is 41.7. The predicted molar refractivity (Wildman–Crippen MR) is 123 cm³/mol. The monoisotopic (exact) mass is 468 g/mol. The van der Waals surface area contributed by atoms with E-state index < -0.39 is 41.2 Å². The maximum Gasteiger partial charge on any atom is 0.326 e. The summed E-state index contributed by atoms with van der Waals surface area (Å²) in [7, 11) is 4.57. The van der Waals surface area contributed by atoms with Gasteiger partial charge in [0.1, 0.15) is 22.8 Å². The van der Waals surface area contributed by atoms with Gasteiger partial charge in [0.25, 0.3) is 0 Å². The van der Waals surface area contributed by atoms with Gasteiger partial charge in [0, 0.05) is 23.7 Å². The maximum absolute atomic E-state index is 13.8. The molecule has 2 saturated heterocycles. The van der Waals surface area contributed by atoms with E-state index in [0.29, 0.717) is 28.5 Å². The molecule has 0 saturated carbocycles. The minimum Gasteiger partial charge on any atom is -0.497 e. The van der Waals surface area contributed by atoms with Gasteiger partial charge in [-0.05, 0) is 32.0 Å². The van der Waals surface area contributed by atoms with Gasteiger partial charge in [-0.2, -0.15) is 0 Å². The molecule has 9 nitrogen and oxygen atoms in total. The maximum atomic E-state index is 13.8. The van der Waals surface area contributed by atoms with E-state index in [1.165, 1.54) is 14.2 Å². The smallest absolute Gasteiger partial charge is 0.326 e. The Labute approximate surface area is 197 Å². The summed E-state index contributed by atoms with van der Waals surface area (Å²) in [5.74, 6) is -1.73. The van der Waals surface area contributed by atoms with Crippen molar-refractivity contribution in [2.24, 2.45) is 11.8 Å². The summed E-state index contributed by atoms with van der Waals surface area (Å²) >= 11 is 0. The highest BCUT2D eigenvalue weighted by atomic mass is 16.5. The SMILES string of the molecule is CCOC(=O)[C@]1(C)N[C@H](c2ccc(OC)cc2OC)[C@H]2C(=O)N(c3cccc(OC)c3)C(=O)[C@@H]21. The Balaban J connectivity index is 1.84. The van der Waals surface area contributed by atoms with Crippen molar-refractivity contribution in [2.45, 2.75) is 25.4 Å². The van der Waals surface area contributed by atoms with Gasteiger partial charge < -0.3 is 18.9 Å². The third-order valence-corrected chi connectivity index (χ3v) is 6.57. The van der Waals surface area contributed by atoms with Crippen LogP contribution in [0.4, 0.5) is 5.69 Å². The fraction of sp³-hybridized carbons (Fsp3) is 0.400. The molecule has 0 bridgehead atoms. The minimum atomic E-state index is -1.42. The molecule has 2 amide bonds. The van der Waals surface area contributed by atoms with E-state index in [4.69, 9.17) is 18.9 Å². The third kappa shape index (κ3) is 3.56. The molecule has 34 heavy (non-hydrogen) atoms. The molecule has 2 aliphatic rings. The number of nitrogens with zero attached hydrogens (tertiary/aromatic N) is 1. The van der Waals surface area contributed by atoms with Crippen molar-refractivity contribution in [3.05, 3.63) is 48.0 Å². The second-order valence-corrected chi connectivity index (χ2v) is 8.37. The molecule has 2 aromatic carbocycles. The Kier molecular flexibility index (Phi) is 6.22. The van der Waals surface area contributed by atoms with Crippen molar-refractivity contribution in [1.29, 1.82) is 0 Å². The number of rotatable bonds is 7. The van der Waals surface area contributed by atoms with E-state index in [9.17, 15) is 14.4 Å². The van der Waals surface area contributed by atoms with E-state index >= 15 is 0 Å². The van der Waals surface area contributed by atoms with Gasteiger partial charge in [0.15, 0.2) is 0 Å². The highest BCUT2D eigenvalue weighted by molar-refractivity contribution is 6.24. The van der Waals surface area contributed by atoms with Crippen LogP contribution in [0.3, 0.4) is 0 Å². The first-order valence-corrected chi connectivity index (χ1v) is 11.0. The van der Waals surface area contributed by atoms with Gasteiger partial charge in [-0.15, -0.1) is 0 Å². The first kappa shape index (κ1) is 23.6. The first-order chi connectivity index (χ1) is 16.3. The van der Waals surface area contributed by atoms with Crippen LogP contribution in [-0.2, 0) is 19.1 Å². The van der Waals surface area contributed by atoms with Crippen LogP contribution in [-0.4, -0.2) is 51.3 Å². The van der Waals surface area contributed by atoms with Gasteiger partial charge in [0.2, 0.25) is 11.8 Å². The second-order valence-electron chi connectivity index (χ2n) is 8.37. The van der Waals surface area contributed by atoms with E-state index in [0.717, 1.165) is 4.90 Å². The number of hydrogen-bond donors (Lipinski definition) is 1. The Morgan fingerprint density at radius 1 is 1.00 bits per heavy atom. The van der Waals surface area contributed by atoms with Gasteiger partial charge in [0.05, 0.1) is 45.5 Å². The number of benzene rings is 2. The molecule has 9 heteroatoms. The average Bonchev–Trinajstić information content (AvgIpc) is 3.31. The molecule has 0 aromatic heterocycles. The molecule has 0 unspecified atom stereocenters. The van der Waals surface area contributed by atoms with Crippen molar-refractivity contribution >= 4 is 23.5 Å². The summed E-state index contributed by atoms with van der Waals surface area (Å²) < 4.78 is 21.4. The Hall–Kier alpha value is -3.59. The molecule has 4 atom stereocenters. The number of anilines is 1. The van der Waals surface area contributed by atoms with Gasteiger partial charge >= 0.3 is 5.97 Å². The molecule has 0 radical (unpaired) electrons. The largest absolute Gasteiger partial charge is 0.497 e. The number of fused-ring (bicyclic) bond motifs is 1. The van der Waals surface area contributed by atoms with Crippen LogP contribution in [0.5, 0.6) is 17.2 Å². The molecule has 2 heterocycles. The molecule has 0 aliphatic carbocycles. The summed E-state index contributed by atoms with van der Waals surface area (Å²) in [5.41, 5.74) is -0.397. The molecule has 0 spiro atoms. The molecule has 2 aromatic rings. The Bertz CT molecular complexity index is 1130. The number of esters is 1. The normalized spacial score (nSPS) is 25.8. The lowest BCUT2D eigenvalue weighted by Gasteiger charge is -2.29. The average molecular weight is 469 g/mol. The molecule has 4 rings (SSSR count). The first-order valence-electron chi connectivity index (χ1n) is 11.0. The number of nitrogens with one attached hydrogen (secondary N) is 1. The van der Waals surface area contributed by atoms with Crippen LogP contribution in [0, 0.1) is 11.8 Å². The van der Waals surface area contributed by atoms with Crippen LogP contribution in [0.15, 0.2) is 42.5 Å². The molecular formula is C25H28N2O7. The number of ether oxygens (including phenoxy) is 4. The Morgan fingerprint density at radius 3 is 2.35 bits per heavy atom. The number of methoxy groups -OCH3 is 3. The molecular weight excluding hydrogens is 440 g/mol. The summed E-state index contributed by atoms with van der Waals surface area (Å²) in [6, 6.07) is 11.3. The van der Waals surface area contributed by atoms with Crippen LogP contribution in [0.2, 0.25) is 0 Å². The third-order valence-electron chi connectivity index (χ3n) is 6.57. The fourth-order valence-electron chi connectivity index (χ4n) is 4.95. The van der Waals surface area contributed by atoms with Gasteiger partial charge in [-0.3, -0.25) is 19.7 Å². The summed E-state index contributed by atoms with van der Waals surface area (Å²) in [6.07, 6.45) is 0. The zero-order chi connectivity index (χ0) is 24.6. The summed E-state index contributed by atoms with van der Waals surface area (Å²) in [5, 5.41) is 3.25. The number of imide groups is 1. The molecule has 2 aliphatic heterocycles. The quantitative estimate of drug-likeness (QED) is 0.488. The molecule has 1 N–H and O–H groups in total. The van der Waals surface area contributed by atoms with E-state index in [1.807, 2.05) is 0 Å². The van der Waals surface area contributed by atoms with Crippen LogP contribution in [0.25, 0.3) is 0 Å². The lowest BCUT2D eigenvalue weighted by atomic mass is 9.80. The summed E-state index contributed by atoms with van der Waals surface area (Å²) in [6.45, 7) is 3.45. The topological polar surface area (TPSA) is 103 Å². The lowest BCUT2D eigenvalue weighted by molar-refractivity contribution is -0.153. The fourth-order valence-corrected chi connectivity index (χ4v) is 4.95. The van der Waals surface area contributed by atoms with Crippen molar-refractivity contribution < 1.29 is 33.3 Å². The van der Waals surface area contributed by atoms with E-state index in [2.05, 4.69) is 5.32 Å². The number of hydrogen-bond acceptors (Lipinski definition) is 8. The second kappa shape index (κ2) is 8.98. The standard InChI is InChI=1S/C25H28N2O7/c1-6-34-24(30)25(2)20-19(21(26-25)17-11-10-16(32-4)13-18(17)33-5)22(28)27(23(20)29)14-8-7-9-15(12-14)31-3/h7-13,19-21,26H,6H2,1-5H3/t19-,20+,21+,25+/m0/s1. The zero-order valence-corrected chi connectivity index (χ0v) is 19.8. The van der Waals surface area contributed by atoms with E-state index in [1.54, 1.807) is 63.4 Å². The lowest BCUT2D eigenvalue weighted by Crippen LogP contribution is -2.54. The van der Waals surface area contributed by atoms with Crippen LogP contribution < -0.4 is 24.4 Å². The highest BCUT2D eigenvalue weighted by Gasteiger charge is 2.67. The van der Waals surface area contributed by atoms with E-state index in [-0.39, 0.29) is 6.61 Å². The van der Waals surface area contributed by atoms with Gasteiger partial charge in [-0.1, -0.05) is 12.1 Å². The highest BCUT2D eigenvalue weighted by Crippen LogP contribution is 2.51. The van der Waals surface area contributed by atoms with Crippen LogP contribution in [0.1, 0.15) is 25.5 Å². The van der Waals surface area contributed by atoms with Crippen molar-refractivity contribution in [3.8, 4) is 17.2 Å². The number of carbonyl (C=O) groups excluding carboxylic acids is 3. The molecule has 2 fully saturated rings. The van der Waals surface area contributed by atoms with Crippen LogP contribution >= 0.6 is 0 Å². The predicted octanol–water partition coefficient (Wildman–Crippen LogP) is 2.48.